The average Bonchev–Trinajstić information content (AvgIpc) is 2.67. The van der Waals surface area contributed by atoms with E-state index in [2.05, 4.69) is 12.1 Å². The summed E-state index contributed by atoms with van der Waals surface area (Å²) in [5, 5.41) is 0. The Morgan fingerprint density at radius 3 is 2.20 bits per heavy atom. The zero-order valence-corrected chi connectivity index (χ0v) is 13.0. The van der Waals surface area contributed by atoms with Gasteiger partial charge in [0.1, 0.15) is 5.75 Å². The minimum atomic E-state index is 0.172. The lowest BCUT2D eigenvalue weighted by Gasteiger charge is -2.20. The first-order valence-corrected chi connectivity index (χ1v) is 8.17. The van der Waals surface area contributed by atoms with Gasteiger partial charge in [-0.2, -0.15) is 0 Å². The largest absolute Gasteiger partial charge is 0.491 e. The molecule has 1 aliphatic rings. The number of rotatable bonds is 5. The minimum absolute atomic E-state index is 0.172. The molecule has 0 radical (unpaired) electrons. The second-order valence-corrected chi connectivity index (χ2v) is 6.44. The summed E-state index contributed by atoms with van der Waals surface area (Å²) in [5.41, 5.74) is 7.63. The third-order valence-corrected chi connectivity index (χ3v) is 4.24. The minimum Gasteiger partial charge on any atom is -0.491 e. The monoisotopic (exact) mass is 275 g/mol. The Labute approximate surface area is 123 Å². The molecule has 0 spiro atoms. The molecule has 1 aromatic rings. The predicted octanol–water partition coefficient (Wildman–Crippen LogP) is 4.83. The lowest BCUT2D eigenvalue weighted by molar-refractivity contribution is 0.242. The Morgan fingerprint density at radius 1 is 1.05 bits per heavy atom. The van der Waals surface area contributed by atoms with E-state index in [1.54, 1.807) is 0 Å². The van der Waals surface area contributed by atoms with Crippen LogP contribution in [0.25, 0.3) is 0 Å². The van der Waals surface area contributed by atoms with Crippen molar-refractivity contribution in [3.8, 4) is 5.75 Å². The van der Waals surface area contributed by atoms with Gasteiger partial charge >= 0.3 is 0 Å². The summed E-state index contributed by atoms with van der Waals surface area (Å²) in [4.78, 5) is 0. The zero-order valence-electron chi connectivity index (χ0n) is 13.0. The highest BCUT2D eigenvalue weighted by Gasteiger charge is 2.17. The zero-order chi connectivity index (χ0) is 14.4. The van der Waals surface area contributed by atoms with Crippen molar-refractivity contribution in [3.63, 3.8) is 0 Å². The van der Waals surface area contributed by atoms with Crippen LogP contribution in [-0.2, 0) is 0 Å². The summed E-state index contributed by atoms with van der Waals surface area (Å²) in [5.74, 6) is 1.75. The molecule has 1 fully saturated rings. The van der Waals surface area contributed by atoms with Gasteiger partial charge in [0, 0.05) is 6.04 Å². The van der Waals surface area contributed by atoms with Gasteiger partial charge in [0.05, 0.1) is 6.10 Å². The standard InChI is InChI=1S/C18H29NO/c1-14(2)20-17-11-9-16(10-12-17)18(19)13-15-7-5-3-4-6-8-15/h9-12,14-15,18H,3-8,13,19H2,1-2H3. The number of benzene rings is 1. The van der Waals surface area contributed by atoms with Gasteiger partial charge in [-0.1, -0.05) is 50.7 Å². The molecule has 112 valence electrons. The number of hydrogen-bond acceptors (Lipinski definition) is 2. The highest BCUT2D eigenvalue weighted by Crippen LogP contribution is 2.30. The predicted molar refractivity (Wildman–Crippen MR) is 84.9 cm³/mol. The molecule has 0 aromatic heterocycles. The van der Waals surface area contributed by atoms with Crippen LogP contribution in [0.3, 0.4) is 0 Å². The second-order valence-electron chi connectivity index (χ2n) is 6.44. The molecule has 1 unspecified atom stereocenters. The Kier molecular flexibility index (Phi) is 5.90. The van der Waals surface area contributed by atoms with Crippen LogP contribution < -0.4 is 10.5 Å². The molecule has 0 heterocycles. The molecule has 0 bridgehead atoms. The van der Waals surface area contributed by atoms with Gasteiger partial charge in [0.15, 0.2) is 0 Å². The summed E-state index contributed by atoms with van der Waals surface area (Å²) < 4.78 is 5.67. The van der Waals surface area contributed by atoms with Crippen LogP contribution in [0.1, 0.15) is 70.4 Å². The van der Waals surface area contributed by atoms with E-state index >= 15 is 0 Å². The van der Waals surface area contributed by atoms with E-state index in [1.807, 2.05) is 26.0 Å². The molecule has 0 amide bonds. The summed E-state index contributed by atoms with van der Waals surface area (Å²) in [6.45, 7) is 4.09. The molecule has 0 aliphatic heterocycles. The normalized spacial score (nSPS) is 18.8. The van der Waals surface area contributed by atoms with Crippen molar-refractivity contribution in [3.05, 3.63) is 29.8 Å². The van der Waals surface area contributed by atoms with Crippen molar-refractivity contribution in [1.29, 1.82) is 0 Å². The van der Waals surface area contributed by atoms with Crippen LogP contribution in [0.4, 0.5) is 0 Å². The molecule has 0 saturated heterocycles. The average molecular weight is 275 g/mol. The molecule has 1 atom stereocenters. The highest BCUT2D eigenvalue weighted by atomic mass is 16.5. The molecule has 2 rings (SSSR count). The quantitative estimate of drug-likeness (QED) is 0.781. The molecule has 20 heavy (non-hydrogen) atoms. The first-order chi connectivity index (χ1) is 9.65. The molecule has 2 nitrogen and oxygen atoms in total. The van der Waals surface area contributed by atoms with Crippen molar-refractivity contribution in [2.75, 3.05) is 0 Å². The number of hydrogen-bond donors (Lipinski definition) is 1. The Morgan fingerprint density at radius 2 is 1.65 bits per heavy atom. The van der Waals surface area contributed by atoms with E-state index < -0.39 is 0 Å². The van der Waals surface area contributed by atoms with Crippen LogP contribution >= 0.6 is 0 Å². The fourth-order valence-corrected chi connectivity index (χ4v) is 3.16. The third-order valence-electron chi connectivity index (χ3n) is 4.24. The van der Waals surface area contributed by atoms with Crippen LogP contribution in [-0.4, -0.2) is 6.10 Å². The molecule has 1 aromatic carbocycles. The molecular formula is C18H29NO. The van der Waals surface area contributed by atoms with Gasteiger partial charge < -0.3 is 10.5 Å². The molecule has 2 N–H and O–H groups in total. The maximum atomic E-state index is 6.39. The van der Waals surface area contributed by atoms with E-state index in [1.165, 1.54) is 44.1 Å². The van der Waals surface area contributed by atoms with Gasteiger partial charge in [-0.15, -0.1) is 0 Å². The molecule has 2 heteroatoms. The van der Waals surface area contributed by atoms with Gasteiger partial charge in [-0.25, -0.2) is 0 Å². The van der Waals surface area contributed by atoms with Crippen LogP contribution in [0.2, 0.25) is 0 Å². The van der Waals surface area contributed by atoms with Gasteiger partial charge in [-0.05, 0) is 43.9 Å². The number of ether oxygens (including phenoxy) is 1. The van der Waals surface area contributed by atoms with Crippen molar-refractivity contribution in [2.24, 2.45) is 11.7 Å². The van der Waals surface area contributed by atoms with E-state index in [9.17, 15) is 0 Å². The highest BCUT2D eigenvalue weighted by molar-refractivity contribution is 5.29. The van der Waals surface area contributed by atoms with E-state index in [-0.39, 0.29) is 12.1 Å². The van der Waals surface area contributed by atoms with E-state index in [0.717, 1.165) is 18.1 Å². The lowest BCUT2D eigenvalue weighted by atomic mass is 9.90. The SMILES string of the molecule is CC(C)Oc1ccc(C(N)CC2CCCCCC2)cc1. The van der Waals surface area contributed by atoms with Crippen molar-refractivity contribution in [2.45, 2.75) is 70.9 Å². The van der Waals surface area contributed by atoms with E-state index in [4.69, 9.17) is 10.5 Å². The maximum absolute atomic E-state index is 6.39. The summed E-state index contributed by atoms with van der Waals surface area (Å²) in [7, 11) is 0. The Bertz CT molecular complexity index is 377. The molecule has 1 aliphatic carbocycles. The Hall–Kier alpha value is -1.02. The van der Waals surface area contributed by atoms with Crippen molar-refractivity contribution < 1.29 is 4.74 Å². The Balaban J connectivity index is 1.89. The van der Waals surface area contributed by atoms with Crippen LogP contribution in [0.5, 0.6) is 5.75 Å². The van der Waals surface area contributed by atoms with Crippen molar-refractivity contribution >= 4 is 0 Å². The summed E-state index contributed by atoms with van der Waals surface area (Å²) in [6.07, 6.45) is 9.67. The smallest absolute Gasteiger partial charge is 0.119 e. The maximum Gasteiger partial charge on any atom is 0.119 e. The second kappa shape index (κ2) is 7.68. The summed E-state index contributed by atoms with van der Waals surface area (Å²) >= 11 is 0. The summed E-state index contributed by atoms with van der Waals surface area (Å²) in [6, 6.07) is 8.51. The fourth-order valence-electron chi connectivity index (χ4n) is 3.16. The van der Waals surface area contributed by atoms with E-state index in [0.29, 0.717) is 0 Å². The molecule has 1 saturated carbocycles. The van der Waals surface area contributed by atoms with Crippen LogP contribution in [0, 0.1) is 5.92 Å². The van der Waals surface area contributed by atoms with Crippen LogP contribution in [0.15, 0.2) is 24.3 Å². The van der Waals surface area contributed by atoms with Gasteiger partial charge in [0.25, 0.3) is 0 Å². The first-order valence-electron chi connectivity index (χ1n) is 8.17. The van der Waals surface area contributed by atoms with Gasteiger partial charge in [-0.3, -0.25) is 0 Å². The first kappa shape index (κ1) is 15.4. The van der Waals surface area contributed by atoms with Gasteiger partial charge in [0.2, 0.25) is 0 Å². The lowest BCUT2D eigenvalue weighted by Crippen LogP contribution is -2.15. The van der Waals surface area contributed by atoms with Crippen molar-refractivity contribution in [1.82, 2.24) is 0 Å². The molecular weight excluding hydrogens is 246 g/mol. The number of nitrogens with two attached hydrogens (primary N) is 1. The third kappa shape index (κ3) is 4.82. The fraction of sp³-hybridized carbons (Fsp3) is 0.667. The topological polar surface area (TPSA) is 35.2 Å².